The van der Waals surface area contributed by atoms with E-state index in [1.54, 1.807) is 0 Å². The van der Waals surface area contributed by atoms with Gasteiger partial charge in [-0.15, -0.1) is 0 Å². The first-order valence-electron chi connectivity index (χ1n) is 7.68. The van der Waals surface area contributed by atoms with E-state index in [2.05, 4.69) is 15.9 Å². The summed E-state index contributed by atoms with van der Waals surface area (Å²) in [6.45, 7) is 0. The van der Waals surface area contributed by atoms with E-state index in [1.165, 1.54) is 0 Å². The van der Waals surface area contributed by atoms with Gasteiger partial charge < -0.3 is 0 Å². The van der Waals surface area contributed by atoms with Gasteiger partial charge in [0.25, 0.3) is 5.69 Å². The van der Waals surface area contributed by atoms with Crippen LogP contribution in [0.2, 0.25) is 0 Å². The topological polar surface area (TPSA) is 60.2 Å². The van der Waals surface area contributed by atoms with Crippen LogP contribution >= 0.6 is 15.9 Å². The minimum absolute atomic E-state index is 0.152. The number of nitrogens with zero attached hydrogens (tertiary/aromatic N) is 1. The lowest BCUT2D eigenvalue weighted by molar-refractivity contribution is -0.384. The van der Waals surface area contributed by atoms with Crippen molar-refractivity contribution in [2.75, 3.05) is 0 Å². The van der Waals surface area contributed by atoms with E-state index in [9.17, 15) is 50.0 Å². The average Bonchev–Trinajstić information content (AvgIpc) is 2.61. The minimum Gasteiger partial charge on any atom is -0.294 e. The normalized spacial score (nSPS) is 12.7. The highest BCUT2D eigenvalue weighted by atomic mass is 79.9. The van der Waals surface area contributed by atoms with E-state index in [-0.39, 0.29) is 17.7 Å². The molecule has 0 radical (unpaired) electrons. The molecule has 0 aliphatic carbocycles. The summed E-state index contributed by atoms with van der Waals surface area (Å²) >= 11 is 2.53. The fourth-order valence-electron chi connectivity index (χ4n) is 2.47. The number of alkyl halides is 8. The number of nitro benzene ring substituents is 1. The van der Waals surface area contributed by atoms with Crippen molar-refractivity contribution in [1.29, 1.82) is 0 Å². The maximum atomic E-state index is 13.5. The summed E-state index contributed by atoms with van der Waals surface area (Å²) in [5.74, 6) is -6.61. The fourth-order valence-corrected chi connectivity index (χ4v) is 3.07. The number of halogens is 9. The standard InChI is InChI=1S/C17H8BrF8NO3/c18-13-6-9(15(19,20)17(24,25)26)5-12(16(21,22)23)11(13)7-14(28)8-2-1-3-10(4-8)27(29)30/h1-6H,7H2. The van der Waals surface area contributed by atoms with Crippen molar-refractivity contribution in [3.05, 3.63) is 73.2 Å². The molecule has 4 nitrogen and oxygen atoms in total. The Bertz CT molecular complexity index is 1000. The van der Waals surface area contributed by atoms with Gasteiger partial charge in [0.1, 0.15) is 0 Å². The summed E-state index contributed by atoms with van der Waals surface area (Å²) in [5.41, 5.74) is -5.57. The van der Waals surface area contributed by atoms with Gasteiger partial charge in [0.2, 0.25) is 0 Å². The first kappa shape index (κ1) is 23.7. The molecule has 0 atom stereocenters. The molecule has 2 aromatic carbocycles. The molecule has 0 amide bonds. The largest absolute Gasteiger partial charge is 0.458 e. The van der Waals surface area contributed by atoms with Crippen molar-refractivity contribution >= 4 is 27.4 Å². The van der Waals surface area contributed by atoms with Crippen molar-refractivity contribution < 1.29 is 44.8 Å². The maximum absolute atomic E-state index is 13.5. The summed E-state index contributed by atoms with van der Waals surface area (Å²) in [4.78, 5) is 22.2. The number of carbonyl (C=O) groups is 1. The predicted molar refractivity (Wildman–Crippen MR) is 90.2 cm³/mol. The van der Waals surface area contributed by atoms with E-state index in [1.807, 2.05) is 0 Å². The summed E-state index contributed by atoms with van der Waals surface area (Å²) in [6.07, 6.45) is -12.6. The Labute approximate surface area is 170 Å². The number of hydrogen-bond acceptors (Lipinski definition) is 3. The Hall–Kier alpha value is -2.57. The molecule has 0 bridgehead atoms. The zero-order valence-electron chi connectivity index (χ0n) is 14.2. The maximum Gasteiger partial charge on any atom is 0.458 e. The molecule has 162 valence electrons. The predicted octanol–water partition coefficient (Wildman–Crippen LogP) is 6.46. The second-order valence-electron chi connectivity index (χ2n) is 5.96. The number of Topliss-reactive ketones (excluding diaryl/α,β-unsaturated/α-hetero) is 1. The smallest absolute Gasteiger partial charge is 0.294 e. The molecule has 0 saturated heterocycles. The second kappa shape index (κ2) is 7.93. The van der Waals surface area contributed by atoms with Gasteiger partial charge in [-0.3, -0.25) is 14.9 Å². The SMILES string of the molecule is O=C(Cc1c(Br)cc(C(F)(F)C(F)(F)F)cc1C(F)(F)F)c1cccc([N+](=O)[O-])c1. The van der Waals surface area contributed by atoms with Gasteiger partial charge in [-0.2, -0.15) is 35.1 Å². The zero-order chi connectivity index (χ0) is 23.1. The molecule has 0 aromatic heterocycles. The lowest BCUT2D eigenvalue weighted by Gasteiger charge is -2.23. The molecular formula is C17H8BrF8NO3. The van der Waals surface area contributed by atoms with Crippen molar-refractivity contribution in [1.82, 2.24) is 0 Å². The summed E-state index contributed by atoms with van der Waals surface area (Å²) in [5, 5.41) is 10.8. The van der Waals surface area contributed by atoms with E-state index in [0.717, 1.165) is 24.3 Å². The second-order valence-corrected chi connectivity index (χ2v) is 6.82. The number of non-ortho nitro benzene ring substituents is 1. The molecule has 2 rings (SSSR count). The van der Waals surface area contributed by atoms with Crippen LogP contribution in [0.5, 0.6) is 0 Å². The summed E-state index contributed by atoms with van der Waals surface area (Å²) < 4.78 is 104. The molecule has 0 heterocycles. The highest BCUT2D eigenvalue weighted by Gasteiger charge is 2.59. The summed E-state index contributed by atoms with van der Waals surface area (Å²) in [6, 6.07) is 3.81. The van der Waals surface area contributed by atoms with Crippen LogP contribution in [0.1, 0.15) is 27.0 Å². The third-order valence-corrected chi connectivity index (χ3v) is 4.64. The molecule has 0 aliphatic rings. The number of ketones is 1. The highest BCUT2D eigenvalue weighted by molar-refractivity contribution is 9.10. The van der Waals surface area contributed by atoms with Crippen molar-refractivity contribution in [2.24, 2.45) is 0 Å². The molecule has 13 heteroatoms. The molecule has 0 unspecified atom stereocenters. The molecule has 0 spiro atoms. The highest BCUT2D eigenvalue weighted by Crippen LogP contribution is 2.47. The van der Waals surface area contributed by atoms with Gasteiger partial charge in [-0.05, 0) is 17.7 Å². The van der Waals surface area contributed by atoms with Crippen LogP contribution in [0.15, 0.2) is 40.9 Å². The van der Waals surface area contributed by atoms with Crippen LogP contribution in [0.4, 0.5) is 40.8 Å². The lowest BCUT2D eigenvalue weighted by Crippen LogP contribution is -2.34. The van der Waals surface area contributed by atoms with E-state index >= 15 is 0 Å². The first-order chi connectivity index (χ1) is 13.6. The third kappa shape index (κ3) is 4.77. The number of carbonyl (C=O) groups excluding carboxylic acids is 1. The molecule has 0 saturated carbocycles. The monoisotopic (exact) mass is 505 g/mol. The quantitative estimate of drug-likeness (QED) is 0.203. The van der Waals surface area contributed by atoms with E-state index < -0.39 is 62.3 Å². The first-order valence-corrected chi connectivity index (χ1v) is 8.47. The third-order valence-electron chi connectivity index (χ3n) is 3.94. The number of benzene rings is 2. The zero-order valence-corrected chi connectivity index (χ0v) is 15.8. The van der Waals surface area contributed by atoms with Crippen molar-refractivity contribution in [3.63, 3.8) is 0 Å². The molecule has 2 aromatic rings. The minimum atomic E-state index is -6.14. The molecular weight excluding hydrogens is 498 g/mol. The van der Waals surface area contributed by atoms with Crippen LogP contribution < -0.4 is 0 Å². The number of hydrogen-bond donors (Lipinski definition) is 0. The molecule has 30 heavy (non-hydrogen) atoms. The Morgan fingerprint density at radius 3 is 2.10 bits per heavy atom. The van der Waals surface area contributed by atoms with Crippen molar-refractivity contribution in [3.8, 4) is 0 Å². The van der Waals surface area contributed by atoms with Crippen LogP contribution in [0.25, 0.3) is 0 Å². The van der Waals surface area contributed by atoms with Crippen LogP contribution in [0.3, 0.4) is 0 Å². The Balaban J connectivity index is 2.57. The molecule has 0 N–H and O–H groups in total. The van der Waals surface area contributed by atoms with Gasteiger partial charge in [0, 0.05) is 34.2 Å². The Morgan fingerprint density at radius 1 is 1.00 bits per heavy atom. The summed E-state index contributed by atoms with van der Waals surface area (Å²) in [7, 11) is 0. The van der Waals surface area contributed by atoms with Gasteiger partial charge in [-0.1, -0.05) is 28.1 Å². The van der Waals surface area contributed by atoms with E-state index in [4.69, 9.17) is 0 Å². The van der Waals surface area contributed by atoms with E-state index in [0.29, 0.717) is 0 Å². The Kier molecular flexibility index (Phi) is 6.27. The Morgan fingerprint density at radius 2 is 1.60 bits per heavy atom. The van der Waals surface area contributed by atoms with Crippen LogP contribution in [-0.4, -0.2) is 16.9 Å². The van der Waals surface area contributed by atoms with Gasteiger partial charge in [0.15, 0.2) is 5.78 Å². The molecule has 0 fully saturated rings. The fraction of sp³-hybridized carbons (Fsp3) is 0.235. The van der Waals surface area contributed by atoms with Gasteiger partial charge >= 0.3 is 18.3 Å². The number of nitro groups is 1. The van der Waals surface area contributed by atoms with Crippen LogP contribution in [-0.2, 0) is 18.5 Å². The lowest BCUT2D eigenvalue weighted by atomic mass is 9.94. The van der Waals surface area contributed by atoms with Crippen molar-refractivity contribution in [2.45, 2.75) is 24.7 Å². The average molecular weight is 506 g/mol. The van der Waals surface area contributed by atoms with Crippen LogP contribution in [0, 0.1) is 10.1 Å². The number of rotatable bonds is 5. The van der Waals surface area contributed by atoms with Gasteiger partial charge in [-0.25, -0.2) is 0 Å². The molecule has 0 aliphatic heterocycles. The van der Waals surface area contributed by atoms with Gasteiger partial charge in [0.05, 0.1) is 10.5 Å².